The van der Waals surface area contributed by atoms with Gasteiger partial charge in [0.2, 0.25) is 0 Å². The molecule has 0 saturated heterocycles. The zero-order chi connectivity index (χ0) is 22.0. The molecule has 0 saturated carbocycles. The van der Waals surface area contributed by atoms with Crippen molar-refractivity contribution in [3.63, 3.8) is 0 Å². The first-order valence-electron chi connectivity index (χ1n) is 9.54. The molecule has 4 aromatic rings. The smallest absolute Gasteiger partial charge is 0.269 e. The zero-order valence-corrected chi connectivity index (χ0v) is 16.7. The Morgan fingerprint density at radius 3 is 1.84 bits per heavy atom. The van der Waals surface area contributed by atoms with Gasteiger partial charge in [0, 0.05) is 55.5 Å². The number of benzene rings is 3. The van der Waals surface area contributed by atoms with Crippen LogP contribution in [0, 0.1) is 20.2 Å². The van der Waals surface area contributed by atoms with Gasteiger partial charge in [-0.25, -0.2) is 0 Å². The van der Waals surface area contributed by atoms with Crippen LogP contribution in [0.3, 0.4) is 0 Å². The van der Waals surface area contributed by atoms with Crippen LogP contribution in [0.25, 0.3) is 10.9 Å². The van der Waals surface area contributed by atoms with E-state index in [1.54, 1.807) is 35.1 Å². The molecule has 0 aliphatic carbocycles. The van der Waals surface area contributed by atoms with E-state index in [4.69, 9.17) is 0 Å². The number of nitro groups is 2. The molecule has 0 atom stereocenters. The van der Waals surface area contributed by atoms with E-state index in [1.165, 1.54) is 24.3 Å². The highest BCUT2D eigenvalue weighted by atomic mass is 16.6. The Labute approximate surface area is 177 Å². The van der Waals surface area contributed by atoms with Gasteiger partial charge in [-0.05, 0) is 29.3 Å². The van der Waals surface area contributed by atoms with E-state index in [2.05, 4.69) is 10.00 Å². The first-order chi connectivity index (χ1) is 14.9. The van der Waals surface area contributed by atoms with E-state index >= 15 is 0 Å². The van der Waals surface area contributed by atoms with Crippen molar-refractivity contribution in [3.8, 4) is 0 Å². The molecule has 31 heavy (non-hydrogen) atoms. The Balaban J connectivity index is 1.66. The van der Waals surface area contributed by atoms with E-state index in [0.717, 1.165) is 27.7 Å². The number of aromatic nitrogens is 2. The highest BCUT2D eigenvalue weighted by Gasteiger charge is 2.13. The van der Waals surface area contributed by atoms with Gasteiger partial charge in [-0.1, -0.05) is 24.3 Å². The second-order valence-electron chi connectivity index (χ2n) is 7.21. The highest BCUT2D eigenvalue weighted by Crippen LogP contribution is 2.26. The summed E-state index contributed by atoms with van der Waals surface area (Å²) in [5.74, 6) is 0. The maximum Gasteiger partial charge on any atom is 0.269 e. The Morgan fingerprint density at radius 2 is 1.35 bits per heavy atom. The molecule has 0 bridgehead atoms. The van der Waals surface area contributed by atoms with Crippen molar-refractivity contribution in [2.24, 2.45) is 7.05 Å². The quantitative estimate of drug-likeness (QED) is 0.321. The summed E-state index contributed by atoms with van der Waals surface area (Å²) in [6, 6.07) is 19.0. The van der Waals surface area contributed by atoms with Gasteiger partial charge >= 0.3 is 0 Å². The van der Waals surface area contributed by atoms with Crippen LogP contribution < -0.4 is 4.90 Å². The van der Waals surface area contributed by atoms with Gasteiger partial charge in [0.25, 0.3) is 11.4 Å². The number of nitrogens with zero attached hydrogens (tertiary/aromatic N) is 5. The molecule has 3 aromatic carbocycles. The largest absolute Gasteiger partial charge is 0.363 e. The van der Waals surface area contributed by atoms with E-state index in [9.17, 15) is 20.2 Å². The van der Waals surface area contributed by atoms with Crippen LogP contribution in [0.1, 0.15) is 11.1 Å². The van der Waals surface area contributed by atoms with Gasteiger partial charge in [-0.2, -0.15) is 5.10 Å². The fourth-order valence-corrected chi connectivity index (χ4v) is 3.47. The van der Waals surface area contributed by atoms with Crippen LogP contribution in [-0.4, -0.2) is 19.6 Å². The molecule has 4 rings (SSSR count). The molecule has 0 spiro atoms. The lowest BCUT2D eigenvalue weighted by Gasteiger charge is -2.25. The third-order valence-corrected chi connectivity index (χ3v) is 5.14. The fourth-order valence-electron chi connectivity index (χ4n) is 3.47. The topological polar surface area (TPSA) is 107 Å². The lowest BCUT2D eigenvalue weighted by Crippen LogP contribution is -2.22. The lowest BCUT2D eigenvalue weighted by molar-refractivity contribution is -0.385. The molecule has 9 heteroatoms. The second-order valence-corrected chi connectivity index (χ2v) is 7.21. The number of hydrogen-bond acceptors (Lipinski definition) is 6. The number of anilines is 1. The number of fused-ring (bicyclic) bond motifs is 1. The highest BCUT2D eigenvalue weighted by molar-refractivity contribution is 5.82. The van der Waals surface area contributed by atoms with Gasteiger partial charge in [0.15, 0.2) is 0 Å². The minimum atomic E-state index is -0.422. The maximum atomic E-state index is 10.9. The van der Waals surface area contributed by atoms with Crippen LogP contribution in [0.2, 0.25) is 0 Å². The van der Waals surface area contributed by atoms with E-state index < -0.39 is 9.85 Å². The third kappa shape index (κ3) is 4.35. The average Bonchev–Trinajstić information content (AvgIpc) is 3.14. The average molecular weight is 417 g/mol. The second kappa shape index (κ2) is 8.23. The number of hydrogen-bond donors (Lipinski definition) is 0. The van der Waals surface area contributed by atoms with Crippen LogP contribution in [0.4, 0.5) is 17.1 Å². The maximum absolute atomic E-state index is 10.9. The third-order valence-electron chi connectivity index (χ3n) is 5.14. The minimum Gasteiger partial charge on any atom is -0.363 e. The van der Waals surface area contributed by atoms with Crippen LogP contribution >= 0.6 is 0 Å². The van der Waals surface area contributed by atoms with Crippen molar-refractivity contribution in [1.82, 2.24) is 9.78 Å². The van der Waals surface area contributed by atoms with E-state index in [0.29, 0.717) is 13.1 Å². The summed E-state index contributed by atoms with van der Waals surface area (Å²) in [6.07, 6.45) is 1.80. The molecule has 0 aliphatic heterocycles. The summed E-state index contributed by atoms with van der Waals surface area (Å²) >= 11 is 0. The Hall–Kier alpha value is -4.27. The fraction of sp³-hybridized carbons (Fsp3) is 0.136. The lowest BCUT2D eigenvalue weighted by atomic mass is 10.1. The molecule has 9 nitrogen and oxygen atoms in total. The predicted octanol–water partition coefficient (Wildman–Crippen LogP) is 4.60. The zero-order valence-electron chi connectivity index (χ0n) is 16.7. The van der Waals surface area contributed by atoms with Crippen molar-refractivity contribution in [2.45, 2.75) is 13.1 Å². The van der Waals surface area contributed by atoms with Crippen molar-refractivity contribution >= 4 is 28.0 Å². The molecule has 1 heterocycles. The van der Waals surface area contributed by atoms with Crippen molar-refractivity contribution in [1.29, 1.82) is 0 Å². The van der Waals surface area contributed by atoms with Crippen molar-refractivity contribution in [3.05, 3.63) is 104 Å². The standard InChI is InChI=1S/C22H19N5O4/c1-24-22-11-10-21(12-18(22)13-23-24)25(14-16-2-6-19(7-3-16)26(28)29)15-17-4-8-20(9-5-17)27(30)31/h2-13H,14-15H2,1H3. The summed E-state index contributed by atoms with van der Waals surface area (Å²) in [5, 5.41) is 27.2. The molecule has 0 aliphatic rings. The Bertz CT molecular complexity index is 1190. The summed E-state index contributed by atoms with van der Waals surface area (Å²) < 4.78 is 1.80. The Morgan fingerprint density at radius 1 is 0.839 bits per heavy atom. The van der Waals surface area contributed by atoms with E-state index in [-0.39, 0.29) is 11.4 Å². The van der Waals surface area contributed by atoms with E-state index in [1.807, 2.05) is 25.2 Å². The molecule has 0 N–H and O–H groups in total. The van der Waals surface area contributed by atoms with Crippen molar-refractivity contribution < 1.29 is 9.85 Å². The molecular weight excluding hydrogens is 398 g/mol. The summed E-state index contributed by atoms with van der Waals surface area (Å²) in [7, 11) is 1.88. The van der Waals surface area contributed by atoms with Gasteiger partial charge < -0.3 is 4.90 Å². The summed E-state index contributed by atoms with van der Waals surface area (Å²) in [6.45, 7) is 1.03. The number of rotatable bonds is 7. The summed E-state index contributed by atoms with van der Waals surface area (Å²) in [5.41, 5.74) is 3.88. The molecule has 0 unspecified atom stereocenters. The Kier molecular flexibility index (Phi) is 5.31. The van der Waals surface area contributed by atoms with Crippen molar-refractivity contribution in [2.75, 3.05) is 4.90 Å². The van der Waals surface area contributed by atoms with Gasteiger partial charge in [-0.3, -0.25) is 24.9 Å². The molecular formula is C22H19N5O4. The van der Waals surface area contributed by atoms with Gasteiger partial charge in [0.05, 0.1) is 21.6 Å². The number of aryl methyl sites for hydroxylation is 1. The van der Waals surface area contributed by atoms with Gasteiger partial charge in [-0.15, -0.1) is 0 Å². The predicted molar refractivity (Wildman–Crippen MR) is 117 cm³/mol. The summed E-state index contributed by atoms with van der Waals surface area (Å²) in [4.78, 5) is 23.2. The van der Waals surface area contributed by atoms with Crippen LogP contribution in [0.5, 0.6) is 0 Å². The first kappa shape index (κ1) is 20.0. The molecule has 0 radical (unpaired) electrons. The molecule has 0 amide bonds. The number of nitro benzene ring substituents is 2. The monoisotopic (exact) mass is 417 g/mol. The van der Waals surface area contributed by atoms with Crippen LogP contribution in [-0.2, 0) is 20.1 Å². The molecule has 156 valence electrons. The SMILES string of the molecule is Cn1ncc2cc(N(Cc3ccc([N+](=O)[O-])cc3)Cc3ccc([N+](=O)[O-])cc3)ccc21. The first-order valence-corrected chi connectivity index (χ1v) is 9.54. The normalized spacial score (nSPS) is 10.9. The minimum absolute atomic E-state index is 0.0439. The van der Waals surface area contributed by atoms with Gasteiger partial charge in [0.1, 0.15) is 0 Å². The molecule has 1 aromatic heterocycles. The van der Waals surface area contributed by atoms with Crippen LogP contribution in [0.15, 0.2) is 72.9 Å². The molecule has 0 fully saturated rings. The number of non-ortho nitro benzene ring substituents is 2.